The topological polar surface area (TPSA) is 54.5 Å². The maximum absolute atomic E-state index is 13.6. The Labute approximate surface area is 154 Å². The van der Waals surface area contributed by atoms with Gasteiger partial charge in [0.05, 0.1) is 0 Å². The zero-order valence-corrected chi connectivity index (χ0v) is 15.3. The van der Waals surface area contributed by atoms with Crippen LogP contribution in [0.2, 0.25) is 0 Å². The Bertz CT molecular complexity index is 734. The Balaban J connectivity index is 1.45. The number of halogens is 2. The van der Waals surface area contributed by atoms with Crippen molar-refractivity contribution >= 4 is 27.7 Å². The van der Waals surface area contributed by atoms with Gasteiger partial charge in [0.2, 0.25) is 0 Å². The predicted molar refractivity (Wildman–Crippen MR) is 97.1 cm³/mol. The van der Waals surface area contributed by atoms with Crippen LogP contribution in [0.4, 0.5) is 10.2 Å². The number of amides is 1. The highest BCUT2D eigenvalue weighted by molar-refractivity contribution is 9.10. The smallest absolute Gasteiger partial charge is 0.258 e. The summed E-state index contributed by atoms with van der Waals surface area (Å²) in [6.45, 7) is 2.22. The Morgan fingerprint density at radius 2 is 2.08 bits per heavy atom. The molecule has 25 heavy (non-hydrogen) atoms. The van der Waals surface area contributed by atoms with Crippen molar-refractivity contribution in [2.45, 2.75) is 19.4 Å². The van der Waals surface area contributed by atoms with Crippen LogP contribution in [0.1, 0.15) is 18.4 Å². The molecule has 1 aliphatic heterocycles. The monoisotopic (exact) mass is 407 g/mol. The summed E-state index contributed by atoms with van der Waals surface area (Å²) in [6, 6.07) is 8.36. The Hall–Kier alpha value is -2.15. The number of hydrogen-bond donors (Lipinski definition) is 1. The highest BCUT2D eigenvalue weighted by atomic mass is 79.9. The van der Waals surface area contributed by atoms with Crippen molar-refractivity contribution < 1.29 is 13.9 Å². The largest absolute Gasteiger partial charge is 0.481 e. The summed E-state index contributed by atoms with van der Waals surface area (Å²) in [5.74, 6) is 0.200. The SMILES string of the molecule is O=C(COc1ccc(Br)cc1F)NCc1ccc(N2CCCC2)nc1. The van der Waals surface area contributed by atoms with Gasteiger partial charge in [-0.3, -0.25) is 4.79 Å². The van der Waals surface area contributed by atoms with E-state index in [-0.39, 0.29) is 18.3 Å². The number of rotatable bonds is 6. The van der Waals surface area contributed by atoms with Gasteiger partial charge in [-0.25, -0.2) is 9.37 Å². The van der Waals surface area contributed by atoms with Crippen LogP contribution in [0.15, 0.2) is 41.0 Å². The summed E-state index contributed by atoms with van der Waals surface area (Å²) in [6.07, 6.45) is 4.18. The van der Waals surface area contributed by atoms with Crippen LogP contribution in [-0.2, 0) is 11.3 Å². The first-order valence-electron chi connectivity index (χ1n) is 8.16. The molecule has 2 heterocycles. The van der Waals surface area contributed by atoms with E-state index >= 15 is 0 Å². The summed E-state index contributed by atoms with van der Waals surface area (Å²) in [7, 11) is 0. The highest BCUT2D eigenvalue weighted by Crippen LogP contribution is 2.21. The van der Waals surface area contributed by atoms with Crippen molar-refractivity contribution in [3.8, 4) is 5.75 Å². The quantitative estimate of drug-likeness (QED) is 0.797. The molecule has 0 saturated carbocycles. The van der Waals surface area contributed by atoms with Crippen LogP contribution in [0.5, 0.6) is 5.75 Å². The third kappa shape index (κ3) is 4.92. The van der Waals surface area contributed by atoms with Crippen LogP contribution in [0, 0.1) is 5.82 Å². The minimum absolute atomic E-state index is 0.0509. The molecule has 7 heteroatoms. The van der Waals surface area contributed by atoms with Crippen molar-refractivity contribution in [1.29, 1.82) is 0 Å². The number of benzene rings is 1. The molecule has 132 valence electrons. The summed E-state index contributed by atoms with van der Waals surface area (Å²) in [5.41, 5.74) is 0.908. The number of pyridine rings is 1. The van der Waals surface area contributed by atoms with Gasteiger partial charge in [-0.1, -0.05) is 22.0 Å². The molecule has 1 amide bonds. The first-order valence-corrected chi connectivity index (χ1v) is 8.95. The van der Waals surface area contributed by atoms with Crippen LogP contribution in [-0.4, -0.2) is 30.6 Å². The molecule has 0 unspecified atom stereocenters. The minimum Gasteiger partial charge on any atom is -0.481 e. The van der Waals surface area contributed by atoms with Crippen molar-refractivity contribution in [3.63, 3.8) is 0 Å². The molecule has 1 fully saturated rings. The number of anilines is 1. The molecule has 5 nitrogen and oxygen atoms in total. The van der Waals surface area contributed by atoms with E-state index in [1.54, 1.807) is 12.3 Å². The lowest BCUT2D eigenvalue weighted by Gasteiger charge is -2.16. The number of nitrogens with zero attached hydrogens (tertiary/aromatic N) is 2. The van der Waals surface area contributed by atoms with Gasteiger partial charge in [0, 0.05) is 30.3 Å². The van der Waals surface area contributed by atoms with Crippen LogP contribution in [0.3, 0.4) is 0 Å². The average molecular weight is 408 g/mol. The van der Waals surface area contributed by atoms with E-state index < -0.39 is 5.82 Å². The fourth-order valence-electron chi connectivity index (χ4n) is 2.64. The number of aromatic nitrogens is 1. The van der Waals surface area contributed by atoms with E-state index in [9.17, 15) is 9.18 Å². The summed E-state index contributed by atoms with van der Waals surface area (Å²) < 4.78 is 19.4. The lowest BCUT2D eigenvalue weighted by molar-refractivity contribution is -0.123. The molecular weight excluding hydrogens is 389 g/mol. The van der Waals surface area contributed by atoms with Gasteiger partial charge in [-0.2, -0.15) is 0 Å². The number of hydrogen-bond acceptors (Lipinski definition) is 4. The zero-order chi connectivity index (χ0) is 17.6. The molecule has 0 atom stereocenters. The van der Waals surface area contributed by atoms with E-state index in [1.165, 1.54) is 25.0 Å². The Morgan fingerprint density at radius 1 is 1.28 bits per heavy atom. The molecule has 1 aromatic heterocycles. The van der Waals surface area contributed by atoms with Gasteiger partial charge < -0.3 is 15.0 Å². The van der Waals surface area contributed by atoms with Gasteiger partial charge in [0.1, 0.15) is 5.82 Å². The standard InChI is InChI=1S/C18H19BrFN3O2/c19-14-4-5-16(15(20)9-14)25-12-18(24)22-11-13-3-6-17(21-10-13)23-7-1-2-8-23/h3-6,9-10H,1-2,7-8,11-12H2,(H,22,24). The van der Waals surface area contributed by atoms with Crippen molar-refractivity contribution in [1.82, 2.24) is 10.3 Å². The molecule has 1 aliphatic rings. The molecule has 0 radical (unpaired) electrons. The van der Waals surface area contributed by atoms with Crippen molar-refractivity contribution in [3.05, 3.63) is 52.4 Å². The third-order valence-corrected chi connectivity index (χ3v) is 4.47. The predicted octanol–water partition coefficient (Wildman–Crippen LogP) is 3.28. The maximum atomic E-state index is 13.6. The maximum Gasteiger partial charge on any atom is 0.258 e. The van der Waals surface area contributed by atoms with E-state index in [1.807, 2.05) is 12.1 Å². The fraction of sp³-hybridized carbons (Fsp3) is 0.333. The first kappa shape index (κ1) is 17.7. The second kappa shape index (κ2) is 8.29. The molecule has 3 rings (SSSR count). The van der Waals surface area contributed by atoms with Crippen LogP contribution in [0.25, 0.3) is 0 Å². The molecule has 0 bridgehead atoms. The van der Waals surface area contributed by atoms with Crippen LogP contribution >= 0.6 is 15.9 Å². The fourth-order valence-corrected chi connectivity index (χ4v) is 2.97. The van der Waals surface area contributed by atoms with Gasteiger partial charge in [-0.15, -0.1) is 0 Å². The lowest BCUT2D eigenvalue weighted by Crippen LogP contribution is -2.28. The normalized spacial score (nSPS) is 13.8. The molecular formula is C18H19BrFN3O2. The second-order valence-electron chi connectivity index (χ2n) is 5.86. The number of carbonyl (C=O) groups is 1. The van der Waals surface area contributed by atoms with Gasteiger partial charge in [0.15, 0.2) is 18.2 Å². The average Bonchev–Trinajstić information content (AvgIpc) is 3.14. The number of nitrogens with one attached hydrogen (secondary N) is 1. The summed E-state index contributed by atoms with van der Waals surface area (Å²) >= 11 is 3.17. The molecule has 1 N–H and O–H groups in total. The van der Waals surface area contributed by atoms with E-state index in [0.29, 0.717) is 11.0 Å². The van der Waals surface area contributed by atoms with Crippen molar-refractivity contribution in [2.24, 2.45) is 0 Å². The van der Waals surface area contributed by atoms with E-state index in [0.717, 1.165) is 24.5 Å². The number of carbonyl (C=O) groups excluding carboxylic acids is 1. The zero-order valence-electron chi connectivity index (χ0n) is 13.7. The number of ether oxygens (including phenoxy) is 1. The summed E-state index contributed by atoms with van der Waals surface area (Å²) in [5, 5.41) is 2.74. The van der Waals surface area contributed by atoms with Crippen LogP contribution < -0.4 is 15.0 Å². The minimum atomic E-state index is -0.510. The second-order valence-corrected chi connectivity index (χ2v) is 6.77. The molecule has 1 aromatic carbocycles. The first-order chi connectivity index (χ1) is 12.1. The third-order valence-electron chi connectivity index (χ3n) is 3.98. The van der Waals surface area contributed by atoms with Crippen molar-refractivity contribution in [2.75, 3.05) is 24.6 Å². The molecule has 1 saturated heterocycles. The van der Waals surface area contributed by atoms with E-state index in [2.05, 4.69) is 31.1 Å². The van der Waals surface area contributed by atoms with Gasteiger partial charge in [0.25, 0.3) is 5.91 Å². The Morgan fingerprint density at radius 3 is 2.76 bits per heavy atom. The van der Waals surface area contributed by atoms with Gasteiger partial charge in [-0.05, 0) is 42.7 Å². The van der Waals surface area contributed by atoms with E-state index in [4.69, 9.17) is 4.74 Å². The molecule has 2 aromatic rings. The molecule has 0 spiro atoms. The summed E-state index contributed by atoms with van der Waals surface area (Å²) in [4.78, 5) is 18.5. The lowest BCUT2D eigenvalue weighted by atomic mass is 10.2. The molecule has 0 aliphatic carbocycles. The van der Waals surface area contributed by atoms with Gasteiger partial charge >= 0.3 is 0 Å². The Kier molecular flexibility index (Phi) is 5.86. The highest BCUT2D eigenvalue weighted by Gasteiger charge is 2.13.